The molecule has 9 nitrogen and oxygen atoms in total. The van der Waals surface area contributed by atoms with Crippen molar-refractivity contribution in [2.45, 2.75) is 63.7 Å². The lowest BCUT2D eigenvalue weighted by molar-refractivity contribution is -0.173. The first kappa shape index (κ1) is 25.2. The van der Waals surface area contributed by atoms with Crippen LogP contribution in [-0.4, -0.2) is 53.2 Å². The van der Waals surface area contributed by atoms with Gasteiger partial charge >= 0.3 is 12.1 Å². The Morgan fingerprint density at radius 1 is 1.09 bits per heavy atom. The smallest absolute Gasteiger partial charge is 0.348 e. The summed E-state index contributed by atoms with van der Waals surface area (Å²) in [5, 5.41) is 6.82. The molecule has 1 atom stereocenters. The topological polar surface area (TPSA) is 125 Å². The van der Waals surface area contributed by atoms with Crippen LogP contribution in [0.1, 0.15) is 60.9 Å². The van der Waals surface area contributed by atoms with Gasteiger partial charge in [0.1, 0.15) is 6.04 Å². The highest BCUT2D eigenvalue weighted by molar-refractivity contribution is 6.06. The number of nitrogens with zero attached hydrogens (tertiary/aromatic N) is 1. The van der Waals surface area contributed by atoms with Crippen LogP contribution < -0.4 is 16.0 Å². The lowest BCUT2D eigenvalue weighted by Gasteiger charge is -2.29. The van der Waals surface area contributed by atoms with E-state index < -0.39 is 24.0 Å². The zero-order valence-corrected chi connectivity index (χ0v) is 18.3. The molecule has 1 fully saturated rings. The Labute approximate surface area is 193 Å². The summed E-state index contributed by atoms with van der Waals surface area (Å²) >= 11 is 0. The van der Waals surface area contributed by atoms with E-state index in [4.69, 9.17) is 0 Å². The number of nitrogens with one attached hydrogen (secondary N) is 3. The van der Waals surface area contributed by atoms with E-state index in [-0.39, 0.29) is 50.1 Å². The van der Waals surface area contributed by atoms with Gasteiger partial charge in [-0.15, -0.1) is 0 Å². The van der Waals surface area contributed by atoms with Gasteiger partial charge in [-0.3, -0.25) is 29.3 Å². The third-order valence-electron chi connectivity index (χ3n) is 5.73. The lowest BCUT2D eigenvalue weighted by atomic mass is 10.0. The first-order valence-electron chi connectivity index (χ1n) is 11.0. The largest absolute Gasteiger partial charge is 0.471 e. The normalized spacial score (nSPS) is 17.9. The predicted molar refractivity (Wildman–Crippen MR) is 113 cm³/mol. The molecule has 2 aliphatic rings. The Kier molecular flexibility index (Phi) is 7.90. The summed E-state index contributed by atoms with van der Waals surface area (Å²) in [6, 6.07) is 4.18. The number of imide groups is 1. The Balaban J connectivity index is 1.45. The van der Waals surface area contributed by atoms with Gasteiger partial charge in [-0.05, 0) is 31.4 Å². The Morgan fingerprint density at radius 3 is 2.53 bits per heavy atom. The second kappa shape index (κ2) is 10.7. The second-order valence-electron chi connectivity index (χ2n) is 8.20. The molecular weight excluding hydrogens is 457 g/mol. The van der Waals surface area contributed by atoms with Gasteiger partial charge in [-0.25, -0.2) is 0 Å². The van der Waals surface area contributed by atoms with Crippen molar-refractivity contribution < 1.29 is 37.1 Å². The molecule has 3 N–H and O–H groups in total. The molecule has 1 aromatic rings. The van der Waals surface area contributed by atoms with Crippen molar-refractivity contribution >= 4 is 35.2 Å². The fraction of sp³-hybridized carbons (Fsp3) is 0.500. The van der Waals surface area contributed by atoms with Crippen molar-refractivity contribution in [2.24, 2.45) is 0 Å². The fourth-order valence-corrected chi connectivity index (χ4v) is 3.98. The van der Waals surface area contributed by atoms with Crippen LogP contribution >= 0.6 is 0 Å². The number of piperidine rings is 1. The fourth-order valence-electron chi connectivity index (χ4n) is 3.98. The molecule has 3 rings (SSSR count). The third kappa shape index (κ3) is 6.12. The highest BCUT2D eigenvalue weighted by Crippen LogP contribution is 2.32. The summed E-state index contributed by atoms with van der Waals surface area (Å²) in [4.78, 5) is 60.9. The quantitative estimate of drug-likeness (QED) is 0.367. The minimum absolute atomic E-state index is 0.0849. The molecule has 34 heavy (non-hydrogen) atoms. The lowest BCUT2D eigenvalue weighted by Crippen LogP contribution is -2.52. The average Bonchev–Trinajstić information content (AvgIpc) is 3.09. The van der Waals surface area contributed by atoms with Gasteiger partial charge in [0.25, 0.3) is 5.91 Å². The van der Waals surface area contributed by atoms with Crippen LogP contribution in [0, 0.1) is 0 Å². The van der Waals surface area contributed by atoms with E-state index in [9.17, 15) is 37.1 Å². The van der Waals surface area contributed by atoms with E-state index in [2.05, 4.69) is 10.6 Å². The molecule has 1 saturated heterocycles. The van der Waals surface area contributed by atoms with Crippen LogP contribution in [-0.2, 0) is 25.7 Å². The van der Waals surface area contributed by atoms with Crippen molar-refractivity contribution in [1.82, 2.24) is 15.5 Å². The highest BCUT2D eigenvalue weighted by Gasteiger charge is 2.40. The van der Waals surface area contributed by atoms with Gasteiger partial charge in [0.05, 0.1) is 0 Å². The summed E-state index contributed by atoms with van der Waals surface area (Å²) < 4.78 is 36.3. The van der Waals surface area contributed by atoms with Crippen molar-refractivity contribution in [3.8, 4) is 0 Å². The second-order valence-corrected chi connectivity index (χ2v) is 8.20. The van der Waals surface area contributed by atoms with Gasteiger partial charge in [0, 0.05) is 42.7 Å². The SMILES string of the molecule is O=C1CCC(N2Cc3c(NC(=O)CCCCCCNC(=O)C(F)(F)F)cccc3C2=O)C(=O)N1. The Morgan fingerprint density at radius 2 is 1.82 bits per heavy atom. The van der Waals surface area contributed by atoms with Gasteiger partial charge in [-0.1, -0.05) is 18.9 Å². The molecule has 0 spiro atoms. The number of carbonyl (C=O) groups excluding carboxylic acids is 5. The van der Waals surface area contributed by atoms with Gasteiger partial charge < -0.3 is 15.5 Å². The maximum Gasteiger partial charge on any atom is 0.471 e. The van der Waals surface area contributed by atoms with Crippen molar-refractivity contribution in [3.63, 3.8) is 0 Å². The van der Waals surface area contributed by atoms with E-state index in [1.54, 1.807) is 23.5 Å². The van der Waals surface area contributed by atoms with Gasteiger partial charge in [0.15, 0.2) is 0 Å². The van der Waals surface area contributed by atoms with E-state index in [1.807, 2.05) is 0 Å². The molecule has 2 heterocycles. The molecule has 184 valence electrons. The maximum atomic E-state index is 12.8. The van der Waals surface area contributed by atoms with E-state index in [0.29, 0.717) is 42.5 Å². The predicted octanol–water partition coefficient (Wildman–Crippen LogP) is 2.02. The summed E-state index contributed by atoms with van der Waals surface area (Å²) in [6.07, 6.45) is -2.28. The molecule has 0 saturated carbocycles. The number of carbonyl (C=O) groups is 5. The van der Waals surface area contributed by atoms with Crippen LogP contribution in [0.5, 0.6) is 0 Å². The number of amides is 5. The molecule has 1 unspecified atom stereocenters. The highest BCUT2D eigenvalue weighted by atomic mass is 19.4. The molecular formula is C22H25F3N4O5. The van der Waals surface area contributed by atoms with Crippen LogP contribution in [0.25, 0.3) is 0 Å². The summed E-state index contributed by atoms with van der Waals surface area (Å²) in [7, 11) is 0. The third-order valence-corrected chi connectivity index (χ3v) is 5.73. The molecule has 1 aromatic carbocycles. The standard InChI is InChI=1S/C22H25F3N4O5/c23-22(24,25)21(34)26-11-4-2-1-3-8-17(30)27-15-7-5-6-13-14(15)12-29(20(13)33)16-9-10-18(31)28-19(16)32/h5-7,16H,1-4,8-12H2,(H,26,34)(H,27,30)(H,28,31,32). The number of anilines is 1. The van der Waals surface area contributed by atoms with E-state index in [1.165, 1.54) is 4.90 Å². The average molecular weight is 482 g/mol. The summed E-state index contributed by atoms with van der Waals surface area (Å²) in [5.41, 5.74) is 1.47. The molecule has 5 amide bonds. The molecule has 12 heteroatoms. The first-order chi connectivity index (χ1) is 16.1. The van der Waals surface area contributed by atoms with Crippen LogP contribution in [0.4, 0.5) is 18.9 Å². The number of rotatable bonds is 9. The number of alkyl halides is 3. The van der Waals surface area contributed by atoms with E-state index in [0.717, 1.165) is 0 Å². The maximum absolute atomic E-state index is 12.8. The minimum atomic E-state index is -4.89. The van der Waals surface area contributed by atoms with E-state index >= 15 is 0 Å². The number of hydrogen-bond acceptors (Lipinski definition) is 5. The van der Waals surface area contributed by atoms with Crippen molar-refractivity contribution in [3.05, 3.63) is 29.3 Å². The van der Waals surface area contributed by atoms with Gasteiger partial charge in [0.2, 0.25) is 17.7 Å². The number of benzene rings is 1. The molecule has 0 aromatic heterocycles. The first-order valence-corrected chi connectivity index (χ1v) is 11.0. The van der Waals surface area contributed by atoms with Crippen molar-refractivity contribution in [2.75, 3.05) is 11.9 Å². The van der Waals surface area contributed by atoms with Crippen LogP contribution in [0.2, 0.25) is 0 Å². The van der Waals surface area contributed by atoms with Crippen LogP contribution in [0.15, 0.2) is 18.2 Å². The summed E-state index contributed by atoms with van der Waals surface area (Å²) in [6.45, 7) is 0.0545. The Bertz CT molecular complexity index is 995. The minimum Gasteiger partial charge on any atom is -0.348 e. The summed E-state index contributed by atoms with van der Waals surface area (Å²) in [5.74, 6) is -3.45. The number of hydrogen-bond donors (Lipinski definition) is 3. The number of halogens is 3. The number of unbranched alkanes of at least 4 members (excludes halogenated alkanes) is 3. The molecule has 0 bridgehead atoms. The molecule has 0 radical (unpaired) electrons. The molecule has 2 aliphatic heterocycles. The number of fused-ring (bicyclic) bond motifs is 1. The van der Waals surface area contributed by atoms with Crippen LogP contribution in [0.3, 0.4) is 0 Å². The molecule has 0 aliphatic carbocycles. The zero-order chi connectivity index (χ0) is 24.9. The monoisotopic (exact) mass is 482 g/mol. The zero-order valence-electron chi connectivity index (χ0n) is 18.3. The van der Waals surface area contributed by atoms with Gasteiger partial charge in [-0.2, -0.15) is 13.2 Å². The van der Waals surface area contributed by atoms with Crippen molar-refractivity contribution in [1.29, 1.82) is 0 Å². The Hall–Kier alpha value is -3.44.